The summed E-state index contributed by atoms with van der Waals surface area (Å²) in [5.41, 5.74) is 0. The number of hydrogen-bond donors (Lipinski definition) is 3. The van der Waals surface area contributed by atoms with E-state index in [-0.39, 0.29) is 29.5 Å². The fourth-order valence-electron chi connectivity index (χ4n) is 2.69. The molecule has 36 heavy (non-hydrogen) atoms. The standard InChI is InChI=1S/C23H42BrN3O9/c1-19(23(31)32)27(2)22(30)6-4-3-5-8-25-20(28)7-10-33-12-14-35-16-17-36-15-13-34-11-9-26-21(29)18-24/h19H,3-18H2,1-2H3,(H,25,28)(H,26,29)(H,31,32)/t19-/m0/s1. The highest BCUT2D eigenvalue weighted by atomic mass is 79.9. The molecule has 13 heteroatoms. The van der Waals surface area contributed by atoms with E-state index in [9.17, 15) is 19.2 Å². The number of carboxylic acids is 1. The van der Waals surface area contributed by atoms with E-state index in [2.05, 4.69) is 26.6 Å². The lowest BCUT2D eigenvalue weighted by Crippen LogP contribution is -2.40. The van der Waals surface area contributed by atoms with E-state index in [1.807, 2.05) is 0 Å². The van der Waals surface area contributed by atoms with Gasteiger partial charge in [0.1, 0.15) is 6.04 Å². The second-order valence-corrected chi connectivity index (χ2v) is 8.42. The average Bonchev–Trinajstić information content (AvgIpc) is 2.86. The minimum Gasteiger partial charge on any atom is -0.480 e. The van der Waals surface area contributed by atoms with Crippen LogP contribution in [0.1, 0.15) is 39.0 Å². The van der Waals surface area contributed by atoms with Crippen molar-refractivity contribution >= 4 is 39.6 Å². The van der Waals surface area contributed by atoms with Crippen molar-refractivity contribution in [2.75, 3.05) is 78.3 Å². The van der Waals surface area contributed by atoms with E-state index in [1.165, 1.54) is 18.9 Å². The molecular formula is C23H42BrN3O9. The molecule has 0 aromatic carbocycles. The molecule has 0 fully saturated rings. The molecule has 0 saturated heterocycles. The second kappa shape index (κ2) is 23.6. The van der Waals surface area contributed by atoms with Crippen LogP contribution >= 0.6 is 15.9 Å². The highest BCUT2D eigenvalue weighted by Gasteiger charge is 2.20. The summed E-state index contributed by atoms with van der Waals surface area (Å²) in [6.07, 6.45) is 2.71. The van der Waals surface area contributed by atoms with E-state index >= 15 is 0 Å². The first-order valence-corrected chi connectivity index (χ1v) is 13.3. The van der Waals surface area contributed by atoms with Crippen molar-refractivity contribution in [2.24, 2.45) is 0 Å². The van der Waals surface area contributed by atoms with Gasteiger partial charge in [-0.2, -0.15) is 0 Å². The number of ether oxygens (including phenoxy) is 4. The monoisotopic (exact) mass is 583 g/mol. The number of amides is 3. The molecular weight excluding hydrogens is 542 g/mol. The first-order chi connectivity index (χ1) is 17.3. The van der Waals surface area contributed by atoms with Crippen LogP contribution in [0.5, 0.6) is 0 Å². The number of halogens is 1. The molecule has 12 nitrogen and oxygen atoms in total. The third-order valence-corrected chi connectivity index (χ3v) is 5.51. The molecule has 0 radical (unpaired) electrons. The number of hydrogen-bond acceptors (Lipinski definition) is 8. The number of nitrogens with one attached hydrogen (secondary N) is 2. The Bertz CT molecular complexity index is 626. The van der Waals surface area contributed by atoms with Gasteiger partial charge in [0.25, 0.3) is 0 Å². The SMILES string of the molecule is C[C@@H](C(=O)O)N(C)C(=O)CCCCCNC(=O)CCOCCOCCOCCOCCNC(=O)CBr. The third kappa shape index (κ3) is 20.4. The van der Waals surface area contributed by atoms with Gasteiger partial charge in [-0.25, -0.2) is 4.79 Å². The van der Waals surface area contributed by atoms with Crippen molar-refractivity contribution in [2.45, 2.75) is 45.1 Å². The second-order valence-electron chi connectivity index (χ2n) is 7.86. The Morgan fingerprint density at radius 1 is 0.750 bits per heavy atom. The molecule has 0 rings (SSSR count). The maximum absolute atomic E-state index is 11.9. The number of carbonyl (C=O) groups excluding carboxylic acids is 3. The molecule has 0 unspecified atom stereocenters. The van der Waals surface area contributed by atoms with Gasteiger partial charge >= 0.3 is 5.97 Å². The van der Waals surface area contributed by atoms with Crippen LogP contribution in [0.4, 0.5) is 0 Å². The Labute approximate surface area is 221 Å². The van der Waals surface area contributed by atoms with E-state index in [4.69, 9.17) is 24.1 Å². The lowest BCUT2D eigenvalue weighted by molar-refractivity contribution is -0.148. The van der Waals surface area contributed by atoms with Gasteiger partial charge in [0.2, 0.25) is 17.7 Å². The zero-order valence-corrected chi connectivity index (χ0v) is 23.0. The van der Waals surface area contributed by atoms with Crippen LogP contribution in [0, 0.1) is 0 Å². The fraction of sp³-hybridized carbons (Fsp3) is 0.826. The summed E-state index contributed by atoms with van der Waals surface area (Å²) >= 11 is 3.06. The number of nitrogens with zero attached hydrogens (tertiary/aromatic N) is 1. The van der Waals surface area contributed by atoms with Gasteiger partial charge in [0.05, 0.1) is 58.2 Å². The molecule has 0 aliphatic rings. The van der Waals surface area contributed by atoms with Crippen molar-refractivity contribution in [3.05, 3.63) is 0 Å². The molecule has 0 saturated carbocycles. The summed E-state index contributed by atoms with van der Waals surface area (Å²) in [4.78, 5) is 46.8. The minimum atomic E-state index is -1.03. The molecule has 0 aliphatic heterocycles. The van der Waals surface area contributed by atoms with E-state index in [0.717, 1.165) is 12.8 Å². The Hall–Kier alpha value is -1.80. The maximum Gasteiger partial charge on any atom is 0.326 e. The molecule has 1 atom stereocenters. The van der Waals surface area contributed by atoms with E-state index in [1.54, 1.807) is 0 Å². The van der Waals surface area contributed by atoms with Gasteiger partial charge in [-0.1, -0.05) is 22.4 Å². The highest BCUT2D eigenvalue weighted by molar-refractivity contribution is 9.09. The van der Waals surface area contributed by atoms with Crippen LogP contribution < -0.4 is 10.6 Å². The fourth-order valence-corrected chi connectivity index (χ4v) is 2.89. The molecule has 0 heterocycles. The molecule has 0 aromatic rings. The predicted octanol–water partition coefficient (Wildman–Crippen LogP) is 0.562. The van der Waals surface area contributed by atoms with Gasteiger partial charge < -0.3 is 39.6 Å². The zero-order valence-electron chi connectivity index (χ0n) is 21.4. The van der Waals surface area contributed by atoms with Gasteiger partial charge in [-0.05, 0) is 19.8 Å². The number of rotatable bonds is 24. The summed E-state index contributed by atoms with van der Waals surface area (Å²) in [7, 11) is 1.49. The molecule has 3 amide bonds. The largest absolute Gasteiger partial charge is 0.480 e. The molecule has 0 bridgehead atoms. The van der Waals surface area contributed by atoms with Crippen LogP contribution in [0.3, 0.4) is 0 Å². The first-order valence-electron chi connectivity index (χ1n) is 12.2. The molecule has 0 spiro atoms. The number of carboxylic acid groups (broad SMARTS) is 1. The number of aliphatic carboxylic acids is 1. The summed E-state index contributed by atoms with van der Waals surface area (Å²) < 4.78 is 21.4. The number of likely N-dealkylation sites (N-methyl/N-ethyl adjacent to an activating group) is 1. The lowest BCUT2D eigenvalue weighted by atomic mass is 10.1. The van der Waals surface area contributed by atoms with Gasteiger partial charge in [-0.15, -0.1) is 0 Å². The van der Waals surface area contributed by atoms with E-state index < -0.39 is 12.0 Å². The Morgan fingerprint density at radius 3 is 1.83 bits per heavy atom. The summed E-state index contributed by atoms with van der Waals surface area (Å²) in [5, 5.41) is 14.7. The Kier molecular flexibility index (Phi) is 22.4. The summed E-state index contributed by atoms with van der Waals surface area (Å²) in [5.74, 6) is -1.39. The van der Waals surface area contributed by atoms with Crippen LogP contribution in [0.2, 0.25) is 0 Å². The topological polar surface area (TPSA) is 153 Å². The van der Waals surface area contributed by atoms with Crippen LogP contribution in [0.25, 0.3) is 0 Å². The lowest BCUT2D eigenvalue weighted by Gasteiger charge is -2.21. The minimum absolute atomic E-state index is 0.0749. The predicted molar refractivity (Wildman–Crippen MR) is 136 cm³/mol. The molecule has 0 aliphatic carbocycles. The number of unbranched alkanes of at least 4 members (excludes halogenated alkanes) is 2. The zero-order chi connectivity index (χ0) is 27.0. The third-order valence-electron chi connectivity index (χ3n) is 5.00. The van der Waals surface area contributed by atoms with Gasteiger partial charge in [0.15, 0.2) is 0 Å². The van der Waals surface area contributed by atoms with Crippen molar-refractivity contribution in [3.8, 4) is 0 Å². The van der Waals surface area contributed by atoms with Crippen LogP contribution in [-0.4, -0.2) is 118 Å². The number of alkyl halides is 1. The quantitative estimate of drug-likeness (QED) is 0.109. The summed E-state index contributed by atoms with van der Waals surface area (Å²) in [6, 6.07) is -0.840. The van der Waals surface area contributed by atoms with Crippen molar-refractivity contribution in [1.29, 1.82) is 0 Å². The summed E-state index contributed by atoms with van der Waals surface area (Å²) in [6.45, 7) is 5.78. The van der Waals surface area contributed by atoms with E-state index in [0.29, 0.717) is 78.8 Å². The van der Waals surface area contributed by atoms with Crippen molar-refractivity contribution in [3.63, 3.8) is 0 Å². The van der Waals surface area contributed by atoms with Gasteiger partial charge in [0, 0.05) is 33.0 Å². The molecule has 0 aromatic heterocycles. The average molecular weight is 585 g/mol. The van der Waals surface area contributed by atoms with Gasteiger partial charge in [-0.3, -0.25) is 14.4 Å². The first kappa shape index (κ1) is 34.2. The Balaban J connectivity index is 3.37. The number of carbonyl (C=O) groups is 4. The maximum atomic E-state index is 11.9. The molecule has 210 valence electrons. The normalized spacial score (nSPS) is 11.6. The highest BCUT2D eigenvalue weighted by Crippen LogP contribution is 2.05. The molecule has 3 N–H and O–H groups in total. The smallest absolute Gasteiger partial charge is 0.326 e. The Morgan fingerprint density at radius 2 is 1.28 bits per heavy atom. The van der Waals surface area contributed by atoms with Crippen LogP contribution in [-0.2, 0) is 38.1 Å². The van der Waals surface area contributed by atoms with Crippen molar-refractivity contribution < 1.29 is 43.2 Å². The van der Waals surface area contributed by atoms with Crippen LogP contribution in [0.15, 0.2) is 0 Å². The van der Waals surface area contributed by atoms with Crippen molar-refractivity contribution in [1.82, 2.24) is 15.5 Å².